The smallest absolute Gasteiger partial charge is 0.306 e. The number of hydrogen-bond acceptors (Lipinski definition) is 1. The summed E-state index contributed by atoms with van der Waals surface area (Å²) < 4.78 is 35.4. The van der Waals surface area contributed by atoms with E-state index in [-0.39, 0.29) is 0 Å². The summed E-state index contributed by atoms with van der Waals surface area (Å²) in [6, 6.07) is 6.36. The van der Waals surface area contributed by atoms with Crippen molar-refractivity contribution in [3.8, 4) is 12.8 Å². The Balaban J connectivity index is 0. The second-order valence-corrected chi connectivity index (χ2v) is 4.52. The van der Waals surface area contributed by atoms with Gasteiger partial charge in [-0.15, -0.1) is 12.8 Å². The number of benzene rings is 1. The molecule has 0 radical (unpaired) electrons. The van der Waals surface area contributed by atoms with Crippen LogP contribution < -0.4 is 0 Å². The van der Waals surface area contributed by atoms with Crippen LogP contribution in [0.2, 0.25) is 0 Å². The zero-order chi connectivity index (χ0) is 16.9. The van der Waals surface area contributed by atoms with Crippen LogP contribution in [0.4, 0.5) is 13.2 Å². The van der Waals surface area contributed by atoms with Gasteiger partial charge in [0.05, 0.1) is 5.56 Å². The highest BCUT2D eigenvalue weighted by Crippen LogP contribution is 2.28. The van der Waals surface area contributed by atoms with Gasteiger partial charge in [-0.25, -0.2) is 0 Å². The van der Waals surface area contributed by atoms with Crippen LogP contribution in [-0.4, -0.2) is 25.0 Å². The first-order valence-corrected chi connectivity index (χ1v) is 7.03. The summed E-state index contributed by atoms with van der Waals surface area (Å²) in [6.07, 6.45) is 5.19. The highest BCUT2D eigenvalue weighted by Gasteiger charge is 2.29. The number of terminal acetylenes is 1. The fraction of sp³-hybridized carbons (Fsp3) is 0.529. The third-order valence-electron chi connectivity index (χ3n) is 2.73. The zero-order valence-corrected chi connectivity index (χ0v) is 13.3. The summed E-state index contributed by atoms with van der Waals surface area (Å²) >= 11 is 0. The molecule has 0 spiro atoms. The van der Waals surface area contributed by atoms with E-state index in [2.05, 4.69) is 31.7 Å². The van der Waals surface area contributed by atoms with Crippen LogP contribution >= 0.6 is 0 Å². The van der Waals surface area contributed by atoms with Crippen LogP contribution in [0.5, 0.6) is 0 Å². The number of rotatable bonds is 0. The van der Waals surface area contributed by atoms with Crippen LogP contribution in [-0.2, 0) is 6.18 Å². The van der Waals surface area contributed by atoms with Gasteiger partial charge in [-0.1, -0.05) is 51.1 Å². The summed E-state index contributed by atoms with van der Waals surface area (Å²) in [5.74, 6) is 0.949. The van der Waals surface area contributed by atoms with Gasteiger partial charge in [0.15, 0.2) is 0 Å². The molecule has 0 saturated carbocycles. The maximum Gasteiger partial charge on any atom is 0.416 e. The molecule has 120 valence electrons. The van der Waals surface area contributed by atoms with Gasteiger partial charge in [0.1, 0.15) is 0 Å². The maximum absolute atomic E-state index is 11.8. The molecule has 4 heteroatoms. The van der Waals surface area contributed by atoms with E-state index in [1.165, 1.54) is 31.6 Å². The van der Waals surface area contributed by atoms with Crippen molar-refractivity contribution in [2.75, 3.05) is 20.1 Å². The predicted molar refractivity (Wildman–Crippen MR) is 84.0 cm³/mol. The summed E-state index contributed by atoms with van der Waals surface area (Å²) in [7, 11) is 2.18. The molecule has 0 bridgehead atoms. The molecule has 1 heterocycles. The van der Waals surface area contributed by atoms with Crippen molar-refractivity contribution in [2.24, 2.45) is 5.92 Å². The molecule has 1 fully saturated rings. The predicted octanol–water partition coefficient (Wildman–Crippen LogP) is 4.94. The molecule has 1 saturated heterocycles. The molecule has 0 aromatic heterocycles. The van der Waals surface area contributed by atoms with E-state index in [0.29, 0.717) is 0 Å². The fourth-order valence-corrected chi connectivity index (χ4v) is 1.78. The minimum absolute atomic E-state index is 0.602. The number of halogens is 3. The lowest BCUT2D eigenvalue weighted by Gasteiger charge is -2.03. The van der Waals surface area contributed by atoms with E-state index in [4.69, 9.17) is 0 Å². The van der Waals surface area contributed by atoms with Gasteiger partial charge in [-0.2, -0.15) is 13.2 Å². The molecule has 0 N–H and O–H groups in total. The van der Waals surface area contributed by atoms with Crippen LogP contribution in [0.1, 0.15) is 32.8 Å². The lowest BCUT2D eigenvalue weighted by molar-refractivity contribution is -0.137. The minimum Gasteiger partial charge on any atom is -0.306 e. The molecule has 1 aromatic rings. The summed E-state index contributed by atoms with van der Waals surface area (Å²) in [5.41, 5.74) is -0.602. The van der Waals surface area contributed by atoms with Crippen molar-refractivity contribution in [1.29, 1.82) is 0 Å². The van der Waals surface area contributed by atoms with Crippen molar-refractivity contribution >= 4 is 0 Å². The average molecular weight is 301 g/mol. The first kappa shape index (κ1) is 21.8. The number of hydrogen-bond donors (Lipinski definition) is 0. The molecular weight excluding hydrogens is 275 g/mol. The van der Waals surface area contributed by atoms with E-state index < -0.39 is 11.7 Å². The standard InChI is InChI=1S/C7H5F3.C6H13N.C2H6.C2H2/c8-7(9,10)6-4-2-1-3-5-6;1-6-3-4-7(2)5-6;2*1-2/h1-5H;6H,3-5H2,1-2H3;1-2H3;1-2H/t;6-;;/m.0../s1. The van der Waals surface area contributed by atoms with E-state index in [1.54, 1.807) is 6.07 Å². The topological polar surface area (TPSA) is 3.24 Å². The second-order valence-electron chi connectivity index (χ2n) is 4.52. The van der Waals surface area contributed by atoms with Crippen LogP contribution in [0, 0.1) is 18.8 Å². The Morgan fingerprint density at radius 1 is 1.10 bits per heavy atom. The van der Waals surface area contributed by atoms with Crippen molar-refractivity contribution in [3.05, 3.63) is 35.9 Å². The van der Waals surface area contributed by atoms with Gasteiger partial charge in [-0.3, -0.25) is 0 Å². The van der Waals surface area contributed by atoms with Gasteiger partial charge in [0.2, 0.25) is 0 Å². The quantitative estimate of drug-likeness (QED) is 0.614. The lowest BCUT2D eigenvalue weighted by Crippen LogP contribution is -2.12. The molecule has 21 heavy (non-hydrogen) atoms. The van der Waals surface area contributed by atoms with Gasteiger partial charge in [-0.05, 0) is 25.9 Å². The lowest BCUT2D eigenvalue weighted by atomic mass is 10.2. The van der Waals surface area contributed by atoms with Crippen molar-refractivity contribution in [3.63, 3.8) is 0 Å². The zero-order valence-electron chi connectivity index (χ0n) is 13.3. The summed E-state index contributed by atoms with van der Waals surface area (Å²) in [5, 5.41) is 0. The highest BCUT2D eigenvalue weighted by molar-refractivity contribution is 5.17. The molecule has 2 rings (SSSR count). The van der Waals surface area contributed by atoms with Crippen LogP contribution in [0.3, 0.4) is 0 Å². The number of likely N-dealkylation sites (tertiary alicyclic amines) is 1. The molecule has 0 aliphatic carbocycles. The van der Waals surface area contributed by atoms with E-state index >= 15 is 0 Å². The SMILES string of the molecule is C#C.CC.C[C@H]1CCN(C)C1.FC(F)(F)c1ccccc1. The van der Waals surface area contributed by atoms with Gasteiger partial charge < -0.3 is 4.90 Å². The van der Waals surface area contributed by atoms with Crippen LogP contribution in [0.25, 0.3) is 0 Å². The van der Waals surface area contributed by atoms with E-state index in [1.807, 2.05) is 13.8 Å². The molecule has 1 aliphatic rings. The largest absolute Gasteiger partial charge is 0.416 e. The minimum atomic E-state index is -4.21. The third kappa shape index (κ3) is 10.9. The van der Waals surface area contributed by atoms with Gasteiger partial charge >= 0.3 is 6.18 Å². The normalized spacial score (nSPS) is 17.3. The van der Waals surface area contributed by atoms with Crippen LogP contribution in [0.15, 0.2) is 30.3 Å². The molecular formula is C17H26F3N. The Morgan fingerprint density at radius 3 is 1.76 bits per heavy atom. The van der Waals surface area contributed by atoms with Crippen molar-refractivity contribution < 1.29 is 13.2 Å². The summed E-state index contributed by atoms with van der Waals surface area (Å²) in [4.78, 5) is 2.38. The molecule has 0 amide bonds. The first-order chi connectivity index (χ1) is 9.89. The maximum atomic E-state index is 11.8. The number of alkyl halides is 3. The Hall–Kier alpha value is -1.47. The van der Waals surface area contributed by atoms with Crippen molar-refractivity contribution in [1.82, 2.24) is 4.90 Å². The Bertz CT molecular complexity index is 349. The molecule has 1 aliphatic heterocycles. The first-order valence-electron chi connectivity index (χ1n) is 7.03. The Morgan fingerprint density at radius 2 is 1.57 bits per heavy atom. The van der Waals surface area contributed by atoms with E-state index in [9.17, 15) is 13.2 Å². The number of nitrogens with zero attached hydrogens (tertiary/aromatic N) is 1. The fourth-order valence-electron chi connectivity index (χ4n) is 1.78. The molecule has 0 unspecified atom stereocenters. The van der Waals surface area contributed by atoms with E-state index in [0.717, 1.165) is 18.1 Å². The molecule has 1 aromatic carbocycles. The van der Waals surface area contributed by atoms with Gasteiger partial charge in [0.25, 0.3) is 0 Å². The Labute approximate surface area is 127 Å². The molecule has 1 atom stereocenters. The monoisotopic (exact) mass is 301 g/mol. The second kappa shape index (κ2) is 12.3. The molecule has 1 nitrogen and oxygen atoms in total. The summed E-state index contributed by atoms with van der Waals surface area (Å²) in [6.45, 7) is 8.92. The van der Waals surface area contributed by atoms with Crippen molar-refractivity contribution in [2.45, 2.75) is 33.4 Å². The third-order valence-corrected chi connectivity index (χ3v) is 2.73. The average Bonchev–Trinajstić information content (AvgIpc) is 2.87. The Kier molecular flexibility index (Phi) is 12.8. The highest BCUT2D eigenvalue weighted by atomic mass is 19.4. The van der Waals surface area contributed by atoms with Gasteiger partial charge in [0, 0.05) is 6.54 Å².